The topological polar surface area (TPSA) is 29.5 Å². The Balaban J connectivity index is 2.04. The Bertz CT molecular complexity index is 387. The third kappa shape index (κ3) is 2.25. The van der Waals surface area contributed by atoms with Crippen LogP contribution in [0, 0.1) is 0 Å². The van der Waals surface area contributed by atoms with Crippen molar-refractivity contribution in [2.45, 2.75) is 26.4 Å². The van der Waals surface area contributed by atoms with Gasteiger partial charge in [0, 0.05) is 12.2 Å². The number of benzene rings is 1. The number of amides is 1. The summed E-state index contributed by atoms with van der Waals surface area (Å²) in [6, 6.07) is 8.05. The molecule has 1 heterocycles. The van der Waals surface area contributed by atoms with E-state index in [1.54, 1.807) is 0 Å². The van der Waals surface area contributed by atoms with Gasteiger partial charge in [0.1, 0.15) is 6.61 Å². The van der Waals surface area contributed by atoms with Crippen molar-refractivity contribution in [2.24, 2.45) is 0 Å². The second kappa shape index (κ2) is 4.66. The van der Waals surface area contributed by atoms with Crippen molar-refractivity contribution < 1.29 is 9.53 Å². The number of carbonyl (C=O) groups is 1. The van der Waals surface area contributed by atoms with Crippen LogP contribution < -0.4 is 4.90 Å². The number of fused-ring (bicyclic) bond motifs is 1. The van der Waals surface area contributed by atoms with Gasteiger partial charge < -0.3 is 9.64 Å². The molecular weight excluding hydrogens is 202 g/mol. The summed E-state index contributed by atoms with van der Waals surface area (Å²) in [7, 11) is 0. The van der Waals surface area contributed by atoms with E-state index >= 15 is 0 Å². The Labute approximate surface area is 96.0 Å². The largest absolute Gasteiger partial charge is 0.369 e. The highest BCUT2D eigenvalue weighted by molar-refractivity contribution is 5.96. The number of anilines is 1. The van der Waals surface area contributed by atoms with Crippen molar-refractivity contribution in [3.05, 3.63) is 29.8 Å². The highest BCUT2D eigenvalue weighted by atomic mass is 16.5. The molecule has 0 atom stereocenters. The summed E-state index contributed by atoms with van der Waals surface area (Å²) in [6.07, 6.45) is 1.05. The minimum Gasteiger partial charge on any atom is -0.369 e. The fraction of sp³-hybridized carbons (Fsp3) is 0.462. The van der Waals surface area contributed by atoms with E-state index in [1.165, 1.54) is 5.56 Å². The smallest absolute Gasteiger partial charge is 0.253 e. The van der Waals surface area contributed by atoms with E-state index in [0.717, 1.165) is 18.7 Å². The lowest BCUT2D eigenvalue weighted by atomic mass is 10.2. The molecule has 0 saturated carbocycles. The van der Waals surface area contributed by atoms with Gasteiger partial charge in [-0.3, -0.25) is 4.79 Å². The van der Waals surface area contributed by atoms with Crippen molar-refractivity contribution in [2.75, 3.05) is 18.1 Å². The molecule has 1 aliphatic heterocycles. The number of nitrogens with zero attached hydrogens (tertiary/aromatic N) is 1. The van der Waals surface area contributed by atoms with E-state index in [2.05, 4.69) is 6.07 Å². The number of hydrogen-bond acceptors (Lipinski definition) is 2. The molecule has 86 valence electrons. The van der Waals surface area contributed by atoms with Crippen LogP contribution in [0.1, 0.15) is 19.4 Å². The maximum Gasteiger partial charge on any atom is 0.253 e. The molecule has 2 rings (SSSR count). The van der Waals surface area contributed by atoms with Crippen LogP contribution in [0.5, 0.6) is 0 Å². The summed E-state index contributed by atoms with van der Waals surface area (Å²) in [5.41, 5.74) is 2.29. The maximum absolute atomic E-state index is 11.9. The van der Waals surface area contributed by atoms with Gasteiger partial charge in [0.2, 0.25) is 0 Å². The van der Waals surface area contributed by atoms with E-state index < -0.39 is 0 Å². The van der Waals surface area contributed by atoms with Crippen molar-refractivity contribution in [1.82, 2.24) is 0 Å². The molecule has 0 N–H and O–H groups in total. The first-order valence-electron chi connectivity index (χ1n) is 5.68. The van der Waals surface area contributed by atoms with Gasteiger partial charge in [-0.15, -0.1) is 0 Å². The Morgan fingerprint density at radius 1 is 1.44 bits per heavy atom. The van der Waals surface area contributed by atoms with Crippen LogP contribution in [0.4, 0.5) is 5.69 Å². The highest BCUT2D eigenvalue weighted by Gasteiger charge is 2.23. The molecule has 0 spiro atoms. The summed E-state index contributed by atoms with van der Waals surface area (Å²) >= 11 is 0. The second-order valence-electron chi connectivity index (χ2n) is 4.28. The third-order valence-electron chi connectivity index (χ3n) is 2.73. The molecule has 0 radical (unpaired) electrons. The first-order valence-corrected chi connectivity index (χ1v) is 5.68. The van der Waals surface area contributed by atoms with Gasteiger partial charge in [0.15, 0.2) is 0 Å². The molecular formula is C13H17NO2. The third-order valence-corrected chi connectivity index (χ3v) is 2.73. The molecule has 0 bridgehead atoms. The van der Waals surface area contributed by atoms with Crippen LogP contribution in [0.15, 0.2) is 24.3 Å². The number of para-hydroxylation sites is 1. The van der Waals surface area contributed by atoms with Gasteiger partial charge in [-0.25, -0.2) is 0 Å². The number of carbonyl (C=O) groups excluding carboxylic acids is 1. The molecule has 1 aliphatic rings. The molecule has 0 aliphatic carbocycles. The predicted octanol–water partition coefficient (Wildman–Crippen LogP) is 2.00. The van der Waals surface area contributed by atoms with Gasteiger partial charge in [-0.1, -0.05) is 18.2 Å². The average molecular weight is 219 g/mol. The first-order chi connectivity index (χ1) is 7.68. The Kier molecular flexibility index (Phi) is 3.25. The van der Waals surface area contributed by atoms with Gasteiger partial charge in [0.25, 0.3) is 5.91 Å². The molecule has 1 aromatic rings. The lowest BCUT2D eigenvalue weighted by molar-refractivity contribution is -0.124. The van der Waals surface area contributed by atoms with E-state index in [4.69, 9.17) is 4.74 Å². The zero-order valence-corrected chi connectivity index (χ0v) is 9.77. The molecule has 0 aromatic heterocycles. The van der Waals surface area contributed by atoms with Gasteiger partial charge >= 0.3 is 0 Å². The van der Waals surface area contributed by atoms with Crippen LogP contribution in [0.2, 0.25) is 0 Å². The monoisotopic (exact) mass is 219 g/mol. The van der Waals surface area contributed by atoms with Crippen molar-refractivity contribution in [3.63, 3.8) is 0 Å². The second-order valence-corrected chi connectivity index (χ2v) is 4.28. The maximum atomic E-state index is 11.9. The molecule has 16 heavy (non-hydrogen) atoms. The Morgan fingerprint density at radius 3 is 2.94 bits per heavy atom. The molecule has 3 heteroatoms. The minimum atomic E-state index is 0.0543. The Hall–Kier alpha value is -1.35. The summed E-state index contributed by atoms with van der Waals surface area (Å²) in [5, 5.41) is 0. The standard InChI is InChI=1S/C13H17NO2/c1-10(2)16-9-13(15)14-8-7-11-5-3-4-6-12(11)14/h3-6,10H,7-9H2,1-2H3. The molecule has 0 unspecified atom stereocenters. The first kappa shape index (κ1) is 11.1. The van der Waals surface area contributed by atoms with Crippen LogP contribution in [-0.4, -0.2) is 25.2 Å². The minimum absolute atomic E-state index is 0.0543. The Morgan fingerprint density at radius 2 is 2.19 bits per heavy atom. The van der Waals surface area contributed by atoms with E-state index in [-0.39, 0.29) is 18.6 Å². The fourth-order valence-corrected chi connectivity index (χ4v) is 1.91. The van der Waals surface area contributed by atoms with Crippen molar-refractivity contribution in [3.8, 4) is 0 Å². The lowest BCUT2D eigenvalue weighted by Gasteiger charge is -2.18. The van der Waals surface area contributed by atoms with E-state index in [0.29, 0.717) is 0 Å². The molecule has 0 saturated heterocycles. The SMILES string of the molecule is CC(C)OCC(=O)N1CCc2ccccc21. The quantitative estimate of drug-likeness (QED) is 0.778. The lowest BCUT2D eigenvalue weighted by Crippen LogP contribution is -2.33. The predicted molar refractivity (Wildman–Crippen MR) is 63.6 cm³/mol. The molecule has 0 fully saturated rings. The summed E-state index contributed by atoms with van der Waals surface area (Å²) in [6.45, 7) is 4.82. The summed E-state index contributed by atoms with van der Waals surface area (Å²) < 4.78 is 5.34. The molecule has 1 amide bonds. The average Bonchev–Trinajstić information content (AvgIpc) is 2.69. The summed E-state index contributed by atoms with van der Waals surface area (Å²) in [4.78, 5) is 13.7. The summed E-state index contributed by atoms with van der Waals surface area (Å²) in [5.74, 6) is 0.0543. The number of rotatable bonds is 3. The number of ether oxygens (including phenoxy) is 1. The van der Waals surface area contributed by atoms with Crippen LogP contribution in [0.25, 0.3) is 0 Å². The van der Waals surface area contributed by atoms with E-state index in [9.17, 15) is 4.79 Å². The fourth-order valence-electron chi connectivity index (χ4n) is 1.91. The van der Waals surface area contributed by atoms with Crippen molar-refractivity contribution >= 4 is 11.6 Å². The molecule has 1 aromatic carbocycles. The van der Waals surface area contributed by atoms with E-state index in [1.807, 2.05) is 36.9 Å². The number of hydrogen-bond donors (Lipinski definition) is 0. The highest BCUT2D eigenvalue weighted by Crippen LogP contribution is 2.27. The molecule has 3 nitrogen and oxygen atoms in total. The van der Waals surface area contributed by atoms with Crippen LogP contribution in [-0.2, 0) is 16.0 Å². The van der Waals surface area contributed by atoms with Crippen LogP contribution >= 0.6 is 0 Å². The normalized spacial score (nSPS) is 14.3. The van der Waals surface area contributed by atoms with Gasteiger partial charge in [-0.2, -0.15) is 0 Å². The van der Waals surface area contributed by atoms with Gasteiger partial charge in [0.05, 0.1) is 6.10 Å². The zero-order valence-electron chi connectivity index (χ0n) is 9.77. The van der Waals surface area contributed by atoms with Crippen molar-refractivity contribution in [1.29, 1.82) is 0 Å². The zero-order chi connectivity index (χ0) is 11.5. The van der Waals surface area contributed by atoms with Gasteiger partial charge in [-0.05, 0) is 31.9 Å². The van der Waals surface area contributed by atoms with Crippen LogP contribution in [0.3, 0.4) is 0 Å².